The summed E-state index contributed by atoms with van der Waals surface area (Å²) in [6, 6.07) is 18.3. The van der Waals surface area contributed by atoms with E-state index >= 15 is 0 Å². The molecule has 1 heterocycles. The van der Waals surface area contributed by atoms with Gasteiger partial charge in [0.1, 0.15) is 5.84 Å². The molecule has 1 aliphatic rings. The lowest BCUT2D eigenvalue weighted by Gasteiger charge is -2.20. The summed E-state index contributed by atoms with van der Waals surface area (Å²) in [6.07, 6.45) is 0. The molecular weight excluding hydrogens is 300 g/mol. The van der Waals surface area contributed by atoms with Crippen LogP contribution in [-0.2, 0) is 0 Å². The minimum atomic E-state index is 0.601. The van der Waals surface area contributed by atoms with Crippen molar-refractivity contribution in [1.82, 2.24) is 0 Å². The van der Waals surface area contributed by atoms with Crippen molar-refractivity contribution < 1.29 is 9.47 Å². The fourth-order valence-corrected chi connectivity index (χ4v) is 3.02. The molecule has 0 saturated carbocycles. The Balaban J connectivity index is 1.81. The van der Waals surface area contributed by atoms with Crippen molar-refractivity contribution in [3.63, 3.8) is 0 Å². The van der Waals surface area contributed by atoms with Crippen molar-refractivity contribution >= 4 is 28.0 Å². The van der Waals surface area contributed by atoms with Crippen LogP contribution < -0.4 is 14.8 Å². The van der Waals surface area contributed by atoms with Crippen molar-refractivity contribution in [3.8, 4) is 11.5 Å². The number of anilines is 1. The molecule has 120 valence electrons. The first-order chi connectivity index (χ1) is 11.8. The summed E-state index contributed by atoms with van der Waals surface area (Å²) in [4.78, 5) is 4.79. The highest BCUT2D eigenvalue weighted by atomic mass is 16.5. The molecule has 0 amide bonds. The molecule has 3 aromatic rings. The summed E-state index contributed by atoms with van der Waals surface area (Å²) >= 11 is 0. The van der Waals surface area contributed by atoms with Crippen LogP contribution in [0.25, 0.3) is 10.8 Å². The molecule has 0 bridgehead atoms. The van der Waals surface area contributed by atoms with E-state index in [2.05, 4.69) is 29.6 Å². The average Bonchev–Trinajstić information content (AvgIpc) is 2.62. The number of nitrogens with one attached hydrogen (secondary N) is 1. The minimum Gasteiger partial charge on any atom is -0.493 e. The topological polar surface area (TPSA) is 42.8 Å². The summed E-state index contributed by atoms with van der Waals surface area (Å²) in [5.41, 5.74) is 3.01. The molecule has 0 aromatic heterocycles. The van der Waals surface area contributed by atoms with E-state index in [0.29, 0.717) is 12.4 Å². The number of nitrogens with zero attached hydrogens (tertiary/aromatic N) is 1. The molecule has 0 saturated heterocycles. The normalized spacial score (nSPS) is 12.5. The van der Waals surface area contributed by atoms with Crippen molar-refractivity contribution in [2.75, 3.05) is 19.0 Å². The van der Waals surface area contributed by atoms with E-state index in [1.807, 2.05) is 37.3 Å². The average molecular weight is 318 g/mol. The number of aliphatic imine (C=N–C) groups is 1. The van der Waals surface area contributed by atoms with Crippen molar-refractivity contribution in [1.29, 1.82) is 0 Å². The lowest BCUT2D eigenvalue weighted by atomic mass is 10.0. The van der Waals surface area contributed by atoms with Gasteiger partial charge in [-0.25, -0.2) is 4.99 Å². The second kappa shape index (κ2) is 5.89. The molecule has 0 atom stereocenters. The Morgan fingerprint density at radius 2 is 1.83 bits per heavy atom. The molecule has 3 aromatic carbocycles. The van der Waals surface area contributed by atoms with Crippen LogP contribution in [-0.4, -0.2) is 19.6 Å². The monoisotopic (exact) mass is 318 g/mol. The Morgan fingerprint density at radius 3 is 2.62 bits per heavy atom. The van der Waals surface area contributed by atoms with E-state index < -0.39 is 0 Å². The first-order valence-electron chi connectivity index (χ1n) is 7.99. The molecule has 24 heavy (non-hydrogen) atoms. The first-order valence-corrected chi connectivity index (χ1v) is 7.99. The Kier molecular flexibility index (Phi) is 3.58. The summed E-state index contributed by atoms with van der Waals surface area (Å²) in [6.45, 7) is 2.56. The Bertz CT molecular complexity index is 942. The molecule has 0 fully saturated rings. The summed E-state index contributed by atoms with van der Waals surface area (Å²) in [5, 5.41) is 5.77. The third-order valence-electron chi connectivity index (χ3n) is 4.10. The van der Waals surface area contributed by atoms with Crippen LogP contribution in [0.15, 0.2) is 59.6 Å². The van der Waals surface area contributed by atoms with Gasteiger partial charge in [-0.05, 0) is 42.6 Å². The van der Waals surface area contributed by atoms with E-state index in [-0.39, 0.29) is 0 Å². The predicted octanol–water partition coefficient (Wildman–Crippen LogP) is 4.75. The first kappa shape index (κ1) is 14.6. The lowest BCUT2D eigenvalue weighted by Crippen LogP contribution is -2.16. The highest BCUT2D eigenvalue weighted by Crippen LogP contribution is 2.37. The Morgan fingerprint density at radius 1 is 1.00 bits per heavy atom. The molecule has 0 aliphatic carbocycles. The van der Waals surface area contributed by atoms with Crippen LogP contribution in [0.4, 0.5) is 11.4 Å². The number of rotatable bonds is 4. The summed E-state index contributed by atoms with van der Waals surface area (Å²) in [5.74, 6) is 2.25. The number of ether oxygens (including phenoxy) is 2. The van der Waals surface area contributed by atoms with Crippen LogP contribution in [0.3, 0.4) is 0 Å². The number of hydrogen-bond acceptors (Lipinski definition) is 4. The molecule has 4 heteroatoms. The van der Waals surface area contributed by atoms with Gasteiger partial charge in [0.05, 0.1) is 19.4 Å². The summed E-state index contributed by atoms with van der Waals surface area (Å²) < 4.78 is 11.0. The van der Waals surface area contributed by atoms with Gasteiger partial charge >= 0.3 is 0 Å². The van der Waals surface area contributed by atoms with Crippen LogP contribution in [0.5, 0.6) is 11.5 Å². The molecule has 1 aliphatic heterocycles. The second-order valence-corrected chi connectivity index (χ2v) is 5.56. The SMILES string of the molecule is CCOc1ccc(C2=Nc3cccc4cccc(c34)N2)cc1OC. The maximum atomic E-state index is 5.59. The van der Waals surface area contributed by atoms with Gasteiger partial charge in [-0.2, -0.15) is 0 Å². The number of methoxy groups -OCH3 is 1. The molecule has 0 radical (unpaired) electrons. The van der Waals surface area contributed by atoms with Gasteiger partial charge in [-0.15, -0.1) is 0 Å². The molecular formula is C20H18N2O2. The second-order valence-electron chi connectivity index (χ2n) is 5.56. The quantitative estimate of drug-likeness (QED) is 0.755. The number of hydrogen-bond donors (Lipinski definition) is 1. The van der Waals surface area contributed by atoms with E-state index in [1.165, 1.54) is 5.39 Å². The van der Waals surface area contributed by atoms with Crippen molar-refractivity contribution in [3.05, 3.63) is 60.2 Å². The predicted molar refractivity (Wildman–Crippen MR) is 97.9 cm³/mol. The van der Waals surface area contributed by atoms with Gasteiger partial charge in [0, 0.05) is 16.6 Å². The fourth-order valence-electron chi connectivity index (χ4n) is 3.02. The van der Waals surface area contributed by atoms with Crippen molar-refractivity contribution in [2.45, 2.75) is 6.92 Å². The molecule has 0 spiro atoms. The Hall–Kier alpha value is -3.01. The lowest BCUT2D eigenvalue weighted by molar-refractivity contribution is 0.311. The standard InChI is InChI=1S/C20H18N2O2/c1-3-24-17-11-10-14(12-18(17)23-2)20-21-15-8-4-6-13-7-5-9-16(22-20)19(13)15/h4-12H,3H2,1-2H3,(H,21,22). The van der Waals surface area contributed by atoms with E-state index in [4.69, 9.17) is 14.5 Å². The van der Waals surface area contributed by atoms with Gasteiger partial charge in [-0.1, -0.05) is 24.3 Å². The van der Waals surface area contributed by atoms with Crippen LogP contribution in [0.2, 0.25) is 0 Å². The molecule has 1 N–H and O–H groups in total. The minimum absolute atomic E-state index is 0.601. The zero-order valence-corrected chi connectivity index (χ0v) is 13.7. The highest BCUT2D eigenvalue weighted by Gasteiger charge is 2.16. The molecule has 4 nitrogen and oxygen atoms in total. The number of benzene rings is 3. The van der Waals surface area contributed by atoms with E-state index in [1.54, 1.807) is 7.11 Å². The summed E-state index contributed by atoms with van der Waals surface area (Å²) in [7, 11) is 1.65. The highest BCUT2D eigenvalue weighted by molar-refractivity contribution is 6.19. The van der Waals surface area contributed by atoms with Gasteiger partial charge < -0.3 is 14.8 Å². The largest absolute Gasteiger partial charge is 0.493 e. The van der Waals surface area contributed by atoms with E-state index in [9.17, 15) is 0 Å². The molecule has 4 rings (SSSR count). The molecule has 0 unspecified atom stereocenters. The maximum Gasteiger partial charge on any atom is 0.161 e. The van der Waals surface area contributed by atoms with Gasteiger partial charge in [0.15, 0.2) is 11.5 Å². The van der Waals surface area contributed by atoms with Crippen LogP contribution in [0.1, 0.15) is 12.5 Å². The maximum absolute atomic E-state index is 5.59. The van der Waals surface area contributed by atoms with Crippen molar-refractivity contribution in [2.24, 2.45) is 4.99 Å². The van der Waals surface area contributed by atoms with Gasteiger partial charge in [0.2, 0.25) is 0 Å². The number of amidine groups is 1. The van der Waals surface area contributed by atoms with Gasteiger partial charge in [-0.3, -0.25) is 0 Å². The smallest absolute Gasteiger partial charge is 0.161 e. The fraction of sp³-hybridized carbons (Fsp3) is 0.150. The van der Waals surface area contributed by atoms with E-state index in [0.717, 1.165) is 33.9 Å². The third kappa shape index (κ3) is 2.36. The Labute approximate surface area is 140 Å². The van der Waals surface area contributed by atoms with Crippen LogP contribution >= 0.6 is 0 Å². The zero-order valence-electron chi connectivity index (χ0n) is 13.7. The zero-order chi connectivity index (χ0) is 16.5. The third-order valence-corrected chi connectivity index (χ3v) is 4.10. The van der Waals surface area contributed by atoms with Crippen LogP contribution in [0, 0.1) is 0 Å². The van der Waals surface area contributed by atoms with Gasteiger partial charge in [0.25, 0.3) is 0 Å².